The highest BCUT2D eigenvalue weighted by atomic mass is 32.1. The molecule has 0 saturated carbocycles. The Balaban J connectivity index is 1.60. The zero-order valence-corrected chi connectivity index (χ0v) is 23.3. The van der Waals surface area contributed by atoms with E-state index in [0.29, 0.717) is 18.7 Å². The molecule has 0 aliphatic carbocycles. The van der Waals surface area contributed by atoms with Gasteiger partial charge in [-0.1, -0.05) is 13.8 Å². The zero-order chi connectivity index (χ0) is 28.6. The number of aryl methyl sites for hydroxylation is 1. The van der Waals surface area contributed by atoms with Gasteiger partial charge in [0.1, 0.15) is 17.4 Å². The number of carbonyl (C=O) groups is 1. The average molecular weight is 560 g/mol. The summed E-state index contributed by atoms with van der Waals surface area (Å²) in [5.41, 5.74) is -1.49. The molecule has 0 bridgehead atoms. The molecule has 39 heavy (non-hydrogen) atoms. The van der Waals surface area contributed by atoms with Crippen molar-refractivity contribution in [2.45, 2.75) is 65.1 Å². The molecule has 0 radical (unpaired) electrons. The lowest BCUT2D eigenvalue weighted by Crippen LogP contribution is -2.44. The minimum absolute atomic E-state index is 0.0270. The fourth-order valence-corrected chi connectivity index (χ4v) is 5.67. The van der Waals surface area contributed by atoms with Gasteiger partial charge in [-0.15, -0.1) is 0 Å². The molecular weight excluding hydrogens is 527 g/mol. The number of halogens is 3. The molecule has 7 nitrogen and oxygen atoms in total. The van der Waals surface area contributed by atoms with Crippen LogP contribution in [-0.2, 0) is 17.4 Å². The number of nitrogens with one attached hydrogen (secondary N) is 1. The van der Waals surface area contributed by atoms with Crippen LogP contribution >= 0.6 is 12.2 Å². The first-order valence-electron chi connectivity index (χ1n) is 12.9. The third-order valence-corrected chi connectivity index (χ3v) is 8.03. The molecule has 2 fully saturated rings. The molecule has 0 spiro atoms. The maximum atomic E-state index is 13.6. The van der Waals surface area contributed by atoms with Gasteiger partial charge in [0.05, 0.1) is 24.1 Å². The molecule has 4 rings (SSSR count). The van der Waals surface area contributed by atoms with E-state index >= 15 is 0 Å². The van der Waals surface area contributed by atoms with Crippen LogP contribution in [0.1, 0.15) is 63.8 Å². The minimum Gasteiger partial charge on any atom is -0.493 e. The van der Waals surface area contributed by atoms with E-state index in [1.165, 1.54) is 6.07 Å². The van der Waals surface area contributed by atoms with Gasteiger partial charge >= 0.3 is 6.18 Å². The molecule has 1 aromatic carbocycles. The average Bonchev–Trinajstić information content (AvgIpc) is 3.06. The second kappa shape index (κ2) is 10.7. The van der Waals surface area contributed by atoms with Gasteiger partial charge in [-0.2, -0.15) is 18.4 Å². The summed E-state index contributed by atoms with van der Waals surface area (Å²) in [5.74, 6) is 0.261. The van der Waals surface area contributed by atoms with Crippen molar-refractivity contribution in [1.82, 2.24) is 10.3 Å². The summed E-state index contributed by atoms with van der Waals surface area (Å²) in [5, 5.41) is 12.5. The number of hydrogen-bond donors (Lipinski definition) is 1. The van der Waals surface area contributed by atoms with Crippen molar-refractivity contribution in [2.24, 2.45) is 5.41 Å². The molecular formula is C28H32F3N5O2S. The lowest BCUT2D eigenvalue weighted by Gasteiger charge is -2.34. The van der Waals surface area contributed by atoms with E-state index in [1.54, 1.807) is 18.7 Å². The Morgan fingerprint density at radius 1 is 1.18 bits per heavy atom. The number of carbonyl (C=O) groups excluding carboxylic acids is 1. The summed E-state index contributed by atoms with van der Waals surface area (Å²) in [6.07, 6.45) is 0.102. The second-order valence-corrected chi connectivity index (χ2v) is 11.2. The molecule has 1 aromatic heterocycles. The summed E-state index contributed by atoms with van der Waals surface area (Å²) in [4.78, 5) is 19.8. The van der Waals surface area contributed by atoms with E-state index in [4.69, 9.17) is 22.2 Å². The number of nitrogens with zero attached hydrogens (tertiary/aromatic N) is 4. The predicted octanol–water partition coefficient (Wildman–Crippen LogP) is 5.61. The fourth-order valence-electron chi connectivity index (χ4n) is 5.15. The van der Waals surface area contributed by atoms with E-state index in [0.717, 1.165) is 60.8 Å². The summed E-state index contributed by atoms with van der Waals surface area (Å²) in [6, 6.07) is 7.77. The molecule has 1 amide bonds. The number of benzene rings is 1. The van der Waals surface area contributed by atoms with Crippen molar-refractivity contribution < 1.29 is 22.7 Å². The van der Waals surface area contributed by atoms with E-state index < -0.39 is 28.9 Å². The predicted molar refractivity (Wildman–Crippen MR) is 147 cm³/mol. The smallest absolute Gasteiger partial charge is 0.419 e. The first kappa shape index (κ1) is 28.8. The summed E-state index contributed by atoms with van der Waals surface area (Å²) >= 11 is 5.64. The maximum absolute atomic E-state index is 13.6. The third-order valence-electron chi connectivity index (χ3n) is 7.67. The second-order valence-electron chi connectivity index (χ2n) is 10.8. The Bertz CT molecular complexity index is 1320. The SMILES string of the molecule is CCc1cc(N2C(=S)N(c3cnc(C#N)c(C(F)(F)F)c3)C(=O)C2(C)C)ccc1OCCC1(C)CCNCC1. The van der Waals surface area contributed by atoms with E-state index in [9.17, 15) is 18.0 Å². The van der Waals surface area contributed by atoms with Crippen LogP contribution in [0.5, 0.6) is 5.75 Å². The maximum Gasteiger partial charge on any atom is 0.419 e. The monoisotopic (exact) mass is 559 g/mol. The number of alkyl halides is 3. The Labute approximate surface area is 231 Å². The molecule has 0 unspecified atom stereocenters. The number of piperidine rings is 1. The largest absolute Gasteiger partial charge is 0.493 e. The summed E-state index contributed by atoms with van der Waals surface area (Å²) in [6.45, 7) is 10.3. The van der Waals surface area contributed by atoms with Crippen LogP contribution in [0.2, 0.25) is 0 Å². The molecule has 2 aliphatic heterocycles. The van der Waals surface area contributed by atoms with Gasteiger partial charge in [0.25, 0.3) is 5.91 Å². The Kier molecular flexibility index (Phi) is 7.92. The van der Waals surface area contributed by atoms with Crippen molar-refractivity contribution in [3.8, 4) is 11.8 Å². The van der Waals surface area contributed by atoms with E-state index in [-0.39, 0.29) is 16.2 Å². The molecule has 2 saturated heterocycles. The first-order valence-corrected chi connectivity index (χ1v) is 13.4. The fraction of sp³-hybridized carbons (Fsp3) is 0.500. The van der Waals surface area contributed by atoms with Gasteiger partial charge in [-0.3, -0.25) is 9.69 Å². The lowest BCUT2D eigenvalue weighted by atomic mass is 9.78. The van der Waals surface area contributed by atoms with Crippen LogP contribution in [0.4, 0.5) is 24.5 Å². The number of rotatable bonds is 7. The van der Waals surface area contributed by atoms with Gasteiger partial charge in [0.15, 0.2) is 10.8 Å². The highest BCUT2D eigenvalue weighted by Crippen LogP contribution is 2.40. The van der Waals surface area contributed by atoms with Crippen LogP contribution in [0.3, 0.4) is 0 Å². The van der Waals surface area contributed by atoms with E-state index in [1.807, 2.05) is 25.1 Å². The quantitative estimate of drug-likeness (QED) is 0.442. The highest BCUT2D eigenvalue weighted by Gasteiger charge is 2.51. The Hall–Kier alpha value is -3.23. The topological polar surface area (TPSA) is 81.5 Å². The van der Waals surface area contributed by atoms with Crippen LogP contribution in [0.25, 0.3) is 0 Å². The molecule has 2 aromatic rings. The van der Waals surface area contributed by atoms with Crippen LogP contribution in [0.15, 0.2) is 30.5 Å². The van der Waals surface area contributed by atoms with E-state index in [2.05, 4.69) is 17.2 Å². The van der Waals surface area contributed by atoms with Gasteiger partial charge in [-0.05, 0) is 100 Å². The molecule has 1 N–H and O–H groups in total. The number of pyridine rings is 1. The molecule has 208 valence electrons. The Morgan fingerprint density at radius 2 is 1.87 bits per heavy atom. The highest BCUT2D eigenvalue weighted by molar-refractivity contribution is 7.81. The number of hydrogen-bond acceptors (Lipinski definition) is 6. The van der Waals surface area contributed by atoms with Crippen molar-refractivity contribution in [3.63, 3.8) is 0 Å². The van der Waals surface area contributed by atoms with Crippen molar-refractivity contribution in [1.29, 1.82) is 5.26 Å². The first-order chi connectivity index (χ1) is 18.3. The molecule has 11 heteroatoms. The van der Waals surface area contributed by atoms with Gasteiger partial charge in [0.2, 0.25) is 0 Å². The third kappa shape index (κ3) is 5.58. The van der Waals surface area contributed by atoms with Crippen molar-refractivity contribution >= 4 is 34.6 Å². The van der Waals surface area contributed by atoms with Crippen LogP contribution in [-0.4, -0.2) is 41.2 Å². The molecule has 2 aliphatic rings. The normalized spacial score (nSPS) is 18.8. The van der Waals surface area contributed by atoms with Crippen LogP contribution in [0, 0.1) is 16.7 Å². The molecule has 3 heterocycles. The van der Waals surface area contributed by atoms with Gasteiger partial charge in [-0.25, -0.2) is 4.98 Å². The Morgan fingerprint density at radius 3 is 2.49 bits per heavy atom. The number of ether oxygens (including phenoxy) is 1. The summed E-state index contributed by atoms with van der Waals surface area (Å²) in [7, 11) is 0. The van der Waals surface area contributed by atoms with Crippen molar-refractivity contribution in [3.05, 3.63) is 47.3 Å². The van der Waals surface area contributed by atoms with Gasteiger partial charge in [0, 0.05) is 5.69 Å². The summed E-state index contributed by atoms with van der Waals surface area (Å²) < 4.78 is 46.9. The number of thiocarbonyl (C=S) groups is 1. The zero-order valence-electron chi connectivity index (χ0n) is 22.5. The van der Waals surface area contributed by atoms with Crippen molar-refractivity contribution in [2.75, 3.05) is 29.5 Å². The standard InChI is InChI=1S/C28H32F3N5O2S/c1-5-18-14-19(6-7-23(18)38-13-10-27(4)8-11-33-12-9-27)36-25(39)35(24(37)26(36,2)3)20-15-21(28(29,30)31)22(16-32)34-17-20/h6-7,14-15,17,33H,5,8-13H2,1-4H3. The molecule has 0 atom stereocenters. The number of aromatic nitrogens is 1. The number of amides is 1. The van der Waals surface area contributed by atoms with Crippen LogP contribution < -0.4 is 19.9 Å². The van der Waals surface area contributed by atoms with Gasteiger partial charge < -0.3 is 15.0 Å². The number of nitriles is 1. The number of anilines is 2. The minimum atomic E-state index is -4.81. The lowest BCUT2D eigenvalue weighted by molar-refractivity contribution is -0.138.